The number of thioether (sulfide) groups is 1. The molecule has 2 fully saturated rings. The van der Waals surface area contributed by atoms with Crippen molar-refractivity contribution < 1.29 is 14.3 Å². The molecule has 1 aliphatic carbocycles. The molecule has 4 rings (SSSR count). The van der Waals surface area contributed by atoms with Crippen LogP contribution in [0.25, 0.3) is 0 Å². The molecule has 31 heavy (non-hydrogen) atoms. The van der Waals surface area contributed by atoms with E-state index in [1.165, 1.54) is 13.2 Å². The lowest BCUT2D eigenvalue weighted by Crippen LogP contribution is -2.31. The maximum Gasteiger partial charge on any atom is 0.247 e. The van der Waals surface area contributed by atoms with Gasteiger partial charge < -0.3 is 10.5 Å². The molecule has 2 amide bonds. The quantitative estimate of drug-likeness (QED) is 0.681. The first-order chi connectivity index (χ1) is 14.9. The van der Waals surface area contributed by atoms with Crippen LogP contribution in [-0.4, -0.2) is 29.2 Å². The first-order valence-electron chi connectivity index (χ1n) is 9.40. The minimum atomic E-state index is -0.771. The first-order valence-corrected chi connectivity index (χ1v) is 10.7. The van der Waals surface area contributed by atoms with E-state index < -0.39 is 11.2 Å². The van der Waals surface area contributed by atoms with Crippen LogP contribution in [0.4, 0.5) is 11.5 Å². The number of hydrogen-bond acceptors (Lipinski definition) is 8. The summed E-state index contributed by atoms with van der Waals surface area (Å²) < 4.78 is 5.11. The van der Waals surface area contributed by atoms with E-state index in [-0.39, 0.29) is 45.2 Å². The lowest BCUT2D eigenvalue weighted by Gasteiger charge is -2.17. The first kappa shape index (κ1) is 21.0. The summed E-state index contributed by atoms with van der Waals surface area (Å²) in [6.07, 6.45) is 1.67. The number of ether oxygens (including phenoxy) is 1. The number of aromatic nitrogens is 1. The van der Waals surface area contributed by atoms with Crippen LogP contribution in [0.15, 0.2) is 23.2 Å². The summed E-state index contributed by atoms with van der Waals surface area (Å²) in [4.78, 5) is 31.0. The zero-order chi connectivity index (χ0) is 22.3. The molecule has 1 aromatic heterocycles. The van der Waals surface area contributed by atoms with Gasteiger partial charge in [-0.25, -0.2) is 9.88 Å². The van der Waals surface area contributed by atoms with E-state index in [1.54, 1.807) is 12.1 Å². The predicted octanol–water partition coefficient (Wildman–Crippen LogP) is 3.37. The van der Waals surface area contributed by atoms with Crippen molar-refractivity contribution in [2.24, 2.45) is 0 Å². The summed E-state index contributed by atoms with van der Waals surface area (Å²) in [6, 6.07) is 8.81. The molecule has 10 heteroatoms. The van der Waals surface area contributed by atoms with Crippen LogP contribution in [0.5, 0.6) is 5.75 Å². The molecule has 2 aromatic rings. The van der Waals surface area contributed by atoms with Gasteiger partial charge in [-0.15, -0.1) is 0 Å². The van der Waals surface area contributed by atoms with Gasteiger partial charge in [0.2, 0.25) is 11.8 Å². The number of amides is 2. The second kappa shape index (κ2) is 8.10. The van der Waals surface area contributed by atoms with Gasteiger partial charge in [0.25, 0.3) is 0 Å². The van der Waals surface area contributed by atoms with Gasteiger partial charge in [0.15, 0.2) is 0 Å². The highest BCUT2D eigenvalue weighted by atomic mass is 35.5. The molecule has 2 N–H and O–H groups in total. The molecule has 0 unspecified atom stereocenters. The molecule has 0 bridgehead atoms. The number of nitriles is 2. The number of halogens is 1. The number of rotatable bonds is 5. The fourth-order valence-corrected chi connectivity index (χ4v) is 4.97. The summed E-state index contributed by atoms with van der Waals surface area (Å²) in [5, 5.41) is 19.0. The van der Waals surface area contributed by atoms with Crippen molar-refractivity contribution in [2.75, 3.05) is 17.7 Å². The van der Waals surface area contributed by atoms with E-state index in [0.717, 1.165) is 29.5 Å². The minimum Gasteiger partial charge on any atom is -0.495 e. The average Bonchev–Trinajstić information content (AvgIpc) is 3.54. The lowest BCUT2D eigenvalue weighted by molar-refractivity contribution is -0.121. The molecule has 1 aromatic carbocycles. The van der Waals surface area contributed by atoms with Gasteiger partial charge in [-0.1, -0.05) is 23.4 Å². The summed E-state index contributed by atoms with van der Waals surface area (Å²) in [7, 11) is 1.47. The number of carbonyl (C=O) groups is 2. The van der Waals surface area contributed by atoms with Crippen molar-refractivity contribution in [3.63, 3.8) is 0 Å². The smallest absolute Gasteiger partial charge is 0.247 e. The Labute approximate surface area is 187 Å². The summed E-state index contributed by atoms with van der Waals surface area (Å²) in [5.41, 5.74) is 7.38. The largest absolute Gasteiger partial charge is 0.495 e. The molecule has 2 aliphatic rings. The third-order valence-corrected chi connectivity index (χ3v) is 6.66. The predicted molar refractivity (Wildman–Crippen MR) is 115 cm³/mol. The van der Waals surface area contributed by atoms with Crippen LogP contribution in [-0.2, 0) is 9.59 Å². The normalized spacial score (nSPS) is 18.1. The molecule has 1 atom stereocenters. The van der Waals surface area contributed by atoms with Crippen LogP contribution < -0.4 is 15.4 Å². The van der Waals surface area contributed by atoms with E-state index >= 15 is 0 Å². The van der Waals surface area contributed by atoms with Gasteiger partial charge in [-0.05, 0) is 42.5 Å². The van der Waals surface area contributed by atoms with Gasteiger partial charge in [-0.2, -0.15) is 10.5 Å². The molecule has 0 radical (unpaired) electrons. The number of methoxy groups -OCH3 is 1. The molecule has 1 saturated heterocycles. The van der Waals surface area contributed by atoms with Gasteiger partial charge in [0.1, 0.15) is 28.7 Å². The molecule has 8 nitrogen and oxygen atoms in total. The van der Waals surface area contributed by atoms with Crippen molar-refractivity contribution in [3.8, 4) is 17.9 Å². The third-order valence-electron chi connectivity index (χ3n) is 5.19. The van der Waals surface area contributed by atoms with Crippen LogP contribution >= 0.6 is 23.4 Å². The Hall–Kier alpha value is -3.27. The number of carbonyl (C=O) groups excluding carboxylic acids is 2. The Morgan fingerprint density at radius 3 is 2.55 bits per heavy atom. The highest BCUT2D eigenvalue weighted by Crippen LogP contribution is 2.47. The van der Waals surface area contributed by atoms with E-state index in [4.69, 9.17) is 22.1 Å². The molecule has 1 saturated carbocycles. The van der Waals surface area contributed by atoms with Gasteiger partial charge >= 0.3 is 0 Å². The highest BCUT2D eigenvalue weighted by Gasteiger charge is 2.42. The van der Waals surface area contributed by atoms with Crippen molar-refractivity contribution >= 4 is 46.7 Å². The number of pyridine rings is 1. The maximum atomic E-state index is 13.0. The zero-order valence-corrected chi connectivity index (χ0v) is 18.0. The monoisotopic (exact) mass is 453 g/mol. The van der Waals surface area contributed by atoms with E-state index in [9.17, 15) is 20.1 Å². The lowest BCUT2D eigenvalue weighted by atomic mass is 10.0. The topological polar surface area (TPSA) is 133 Å². The second-order valence-corrected chi connectivity index (χ2v) is 8.76. The Morgan fingerprint density at radius 1 is 1.26 bits per heavy atom. The maximum absolute atomic E-state index is 13.0. The molecular formula is C21H16ClN5O3S. The van der Waals surface area contributed by atoms with Crippen molar-refractivity contribution in [1.29, 1.82) is 10.5 Å². The summed E-state index contributed by atoms with van der Waals surface area (Å²) >= 11 is 7.17. The van der Waals surface area contributed by atoms with Crippen LogP contribution in [0.3, 0.4) is 0 Å². The Balaban J connectivity index is 1.66. The Morgan fingerprint density at radius 2 is 1.97 bits per heavy atom. The van der Waals surface area contributed by atoms with E-state index in [1.807, 2.05) is 6.07 Å². The number of hydrogen-bond donors (Lipinski definition) is 1. The molecule has 2 heterocycles. The molecular weight excluding hydrogens is 438 g/mol. The Bertz CT molecular complexity index is 1200. The van der Waals surface area contributed by atoms with Gasteiger partial charge in [0, 0.05) is 6.42 Å². The summed E-state index contributed by atoms with van der Waals surface area (Å²) in [5.74, 6) is -0.266. The molecule has 0 spiro atoms. The highest BCUT2D eigenvalue weighted by molar-refractivity contribution is 8.00. The van der Waals surface area contributed by atoms with Crippen molar-refractivity contribution in [2.45, 2.75) is 35.5 Å². The van der Waals surface area contributed by atoms with Crippen molar-refractivity contribution in [1.82, 2.24) is 4.98 Å². The van der Waals surface area contributed by atoms with E-state index in [2.05, 4.69) is 11.1 Å². The molecule has 156 valence electrons. The minimum absolute atomic E-state index is 0.0291. The zero-order valence-electron chi connectivity index (χ0n) is 16.4. The van der Waals surface area contributed by atoms with Gasteiger partial charge in [0.05, 0.1) is 34.2 Å². The number of nitrogens with zero attached hydrogens (tertiary/aromatic N) is 4. The number of imide groups is 1. The summed E-state index contributed by atoms with van der Waals surface area (Å²) in [6.45, 7) is 0. The fraction of sp³-hybridized carbons (Fsp3) is 0.286. The molecule has 1 aliphatic heterocycles. The SMILES string of the molecule is COc1ccc(N2C(=O)C[C@@H](Sc3nc(N)c(C#N)c(C4CC4)c3C#N)C2=O)cc1Cl. The van der Waals surface area contributed by atoms with Crippen LogP contribution in [0.1, 0.15) is 41.9 Å². The number of anilines is 2. The van der Waals surface area contributed by atoms with Gasteiger partial charge in [-0.3, -0.25) is 9.59 Å². The average molecular weight is 454 g/mol. The number of nitrogens with two attached hydrogens (primary N) is 1. The fourth-order valence-electron chi connectivity index (χ4n) is 3.59. The second-order valence-electron chi connectivity index (χ2n) is 7.16. The standard InChI is InChI=1S/C21H16ClN5O3S/c1-30-15-5-4-11(6-14(15)22)27-17(28)7-16(21(27)29)31-20-13(9-24)18(10-2-3-10)12(8-23)19(25)26-20/h4-6,10,16H,2-3,7H2,1H3,(H2,25,26)/t16-/m1/s1. The van der Waals surface area contributed by atoms with Crippen LogP contribution in [0, 0.1) is 22.7 Å². The number of benzene rings is 1. The Kier molecular flexibility index (Phi) is 5.48. The van der Waals surface area contributed by atoms with E-state index in [0.29, 0.717) is 17.0 Å². The van der Waals surface area contributed by atoms with Crippen molar-refractivity contribution in [3.05, 3.63) is 39.9 Å². The van der Waals surface area contributed by atoms with Crippen LogP contribution in [0.2, 0.25) is 5.02 Å². The number of nitrogen functional groups attached to an aromatic ring is 1. The third kappa shape index (κ3) is 3.67.